The van der Waals surface area contributed by atoms with Crippen LogP contribution in [-0.4, -0.2) is 58.1 Å². The largest absolute Gasteiger partial charge is 0.441 e. The molecule has 0 N–H and O–H groups in total. The number of nitrogens with zero attached hydrogens (tertiary/aromatic N) is 3. The van der Waals surface area contributed by atoms with E-state index >= 15 is 0 Å². The molecule has 2 amide bonds. The van der Waals surface area contributed by atoms with Crippen molar-refractivity contribution in [2.45, 2.75) is 51.2 Å². The van der Waals surface area contributed by atoms with Crippen molar-refractivity contribution in [3.63, 3.8) is 0 Å². The normalized spacial score (nSPS) is 21.0. The maximum Gasteiger partial charge on any atom is 0.410 e. The summed E-state index contributed by atoms with van der Waals surface area (Å²) < 4.78 is 5.74. The third-order valence-corrected chi connectivity index (χ3v) is 5.08. The molecule has 130 valence electrons. The van der Waals surface area contributed by atoms with Crippen LogP contribution < -0.4 is 0 Å². The van der Waals surface area contributed by atoms with E-state index in [9.17, 15) is 9.59 Å². The van der Waals surface area contributed by atoms with Gasteiger partial charge in [0.2, 0.25) is 0 Å². The number of likely N-dealkylation sites (tertiary alicyclic amines) is 1. The van der Waals surface area contributed by atoms with Gasteiger partial charge in [-0.25, -0.2) is 4.79 Å². The molecule has 0 saturated carbocycles. The second-order valence-electron chi connectivity index (χ2n) is 6.82. The van der Waals surface area contributed by atoms with E-state index in [2.05, 4.69) is 18.8 Å². The topological polar surface area (TPSA) is 62.7 Å². The summed E-state index contributed by atoms with van der Waals surface area (Å²) in [6.07, 6.45) is 4.82. The Kier molecular flexibility index (Phi) is 4.73. The third-order valence-electron chi connectivity index (χ3n) is 5.08. The summed E-state index contributed by atoms with van der Waals surface area (Å²) >= 11 is 0. The first-order valence-electron chi connectivity index (χ1n) is 8.74. The number of rotatable bonds is 4. The Morgan fingerprint density at radius 2 is 2.12 bits per heavy atom. The molecule has 0 radical (unpaired) electrons. The Morgan fingerprint density at radius 3 is 2.75 bits per heavy atom. The van der Waals surface area contributed by atoms with E-state index in [-0.39, 0.29) is 18.0 Å². The van der Waals surface area contributed by atoms with Gasteiger partial charge in [0.25, 0.3) is 5.91 Å². The molecule has 24 heavy (non-hydrogen) atoms. The molecule has 1 atom stereocenters. The number of ether oxygens (including phenoxy) is 1. The van der Waals surface area contributed by atoms with Gasteiger partial charge in [-0.15, -0.1) is 0 Å². The minimum Gasteiger partial charge on any atom is -0.441 e. The van der Waals surface area contributed by atoms with E-state index in [1.54, 1.807) is 23.2 Å². The lowest BCUT2D eigenvalue weighted by Gasteiger charge is -2.37. The minimum absolute atomic E-state index is 0.0500. The fourth-order valence-corrected chi connectivity index (χ4v) is 3.59. The van der Waals surface area contributed by atoms with Crippen LogP contribution in [0.1, 0.15) is 50.0 Å². The first-order valence-corrected chi connectivity index (χ1v) is 8.74. The van der Waals surface area contributed by atoms with E-state index in [1.807, 2.05) is 11.0 Å². The highest BCUT2D eigenvalue weighted by molar-refractivity contribution is 5.92. The van der Waals surface area contributed by atoms with Crippen molar-refractivity contribution in [3.05, 3.63) is 30.1 Å². The molecule has 3 rings (SSSR count). The van der Waals surface area contributed by atoms with Crippen LogP contribution in [0.2, 0.25) is 0 Å². The van der Waals surface area contributed by atoms with E-state index in [4.69, 9.17) is 4.74 Å². The Labute approximate surface area is 142 Å². The molecule has 0 bridgehead atoms. The van der Waals surface area contributed by atoms with Crippen molar-refractivity contribution in [1.29, 1.82) is 0 Å². The molecular formula is C18H25N3O3. The zero-order chi connectivity index (χ0) is 17.2. The summed E-state index contributed by atoms with van der Waals surface area (Å²) in [5.74, 6) is -0.0500. The van der Waals surface area contributed by atoms with Crippen molar-refractivity contribution in [2.75, 3.05) is 19.6 Å². The van der Waals surface area contributed by atoms with Crippen LogP contribution in [-0.2, 0) is 4.74 Å². The lowest BCUT2D eigenvalue weighted by atomic mass is 9.90. The van der Waals surface area contributed by atoms with Crippen LogP contribution in [0.25, 0.3) is 0 Å². The van der Waals surface area contributed by atoms with Crippen LogP contribution in [0.3, 0.4) is 0 Å². The van der Waals surface area contributed by atoms with Crippen LogP contribution in [0.4, 0.5) is 4.79 Å². The summed E-state index contributed by atoms with van der Waals surface area (Å²) in [5, 5.41) is 0. The number of hydrogen-bond acceptors (Lipinski definition) is 4. The molecule has 0 aliphatic carbocycles. The monoisotopic (exact) mass is 331 g/mol. The second kappa shape index (κ2) is 6.79. The van der Waals surface area contributed by atoms with Crippen LogP contribution in [0, 0.1) is 0 Å². The number of carbonyl (C=O) groups excluding carboxylic acids is 2. The molecule has 6 nitrogen and oxygen atoms in total. The van der Waals surface area contributed by atoms with E-state index in [0.29, 0.717) is 38.2 Å². The smallest absolute Gasteiger partial charge is 0.410 e. The lowest BCUT2D eigenvalue weighted by molar-refractivity contribution is 0.00290. The molecule has 2 aliphatic rings. The molecular weight excluding hydrogens is 306 g/mol. The van der Waals surface area contributed by atoms with Crippen molar-refractivity contribution in [1.82, 2.24) is 14.8 Å². The van der Waals surface area contributed by atoms with E-state index in [0.717, 1.165) is 12.8 Å². The first kappa shape index (κ1) is 16.7. The van der Waals surface area contributed by atoms with Gasteiger partial charge in [0.1, 0.15) is 11.3 Å². The molecule has 1 aromatic heterocycles. The fourth-order valence-electron chi connectivity index (χ4n) is 3.59. The van der Waals surface area contributed by atoms with Gasteiger partial charge in [-0.1, -0.05) is 19.4 Å². The Morgan fingerprint density at radius 1 is 1.38 bits per heavy atom. The number of hydrogen-bond donors (Lipinski definition) is 0. The third kappa shape index (κ3) is 3.23. The first-order chi connectivity index (χ1) is 11.5. The van der Waals surface area contributed by atoms with Crippen molar-refractivity contribution >= 4 is 12.0 Å². The predicted molar refractivity (Wildman–Crippen MR) is 89.7 cm³/mol. The molecule has 1 aromatic rings. The molecule has 2 fully saturated rings. The fraction of sp³-hybridized carbons (Fsp3) is 0.611. The van der Waals surface area contributed by atoms with Gasteiger partial charge in [0.05, 0.1) is 6.54 Å². The van der Waals surface area contributed by atoms with Crippen molar-refractivity contribution in [3.8, 4) is 0 Å². The standard InChI is InChI=1S/C18H25N3O3/c1-3-6-14(2)21-13-18(24-17(21)23)8-11-20(12-9-18)16(22)15-7-4-5-10-19-15/h4-5,7,10,14H,3,6,8-9,11-13H2,1-2H3/t14-/m1/s1. The summed E-state index contributed by atoms with van der Waals surface area (Å²) in [6, 6.07) is 5.55. The Hall–Kier alpha value is -2.11. The SMILES string of the molecule is CCC[C@@H](C)N1CC2(CCN(C(=O)c3ccccn3)CC2)OC1=O. The highest BCUT2D eigenvalue weighted by Gasteiger charge is 2.48. The number of aromatic nitrogens is 1. The zero-order valence-electron chi connectivity index (χ0n) is 14.4. The average molecular weight is 331 g/mol. The number of piperidine rings is 1. The predicted octanol–water partition coefficient (Wildman–Crippen LogP) is 2.70. The average Bonchev–Trinajstić information content (AvgIpc) is 2.92. The lowest BCUT2D eigenvalue weighted by Crippen LogP contribution is -2.49. The molecule has 2 aliphatic heterocycles. The minimum atomic E-state index is -0.431. The van der Waals surface area contributed by atoms with Crippen LogP contribution in [0.5, 0.6) is 0 Å². The zero-order valence-corrected chi connectivity index (χ0v) is 14.4. The van der Waals surface area contributed by atoms with Crippen molar-refractivity contribution in [2.24, 2.45) is 0 Å². The quantitative estimate of drug-likeness (QED) is 0.851. The number of amides is 2. The van der Waals surface area contributed by atoms with Crippen LogP contribution >= 0.6 is 0 Å². The number of carbonyl (C=O) groups is 2. The van der Waals surface area contributed by atoms with E-state index in [1.165, 1.54) is 0 Å². The maximum absolute atomic E-state index is 12.5. The summed E-state index contributed by atoms with van der Waals surface area (Å²) in [7, 11) is 0. The van der Waals surface area contributed by atoms with E-state index < -0.39 is 5.60 Å². The molecule has 0 unspecified atom stereocenters. The Balaban J connectivity index is 1.61. The van der Waals surface area contributed by atoms with Gasteiger partial charge in [0.15, 0.2) is 0 Å². The Bertz CT molecular complexity index is 597. The highest BCUT2D eigenvalue weighted by Crippen LogP contribution is 2.35. The van der Waals surface area contributed by atoms with Gasteiger partial charge in [-0.3, -0.25) is 9.78 Å². The molecule has 2 saturated heterocycles. The second-order valence-corrected chi connectivity index (χ2v) is 6.82. The van der Waals surface area contributed by atoms with Gasteiger partial charge in [-0.2, -0.15) is 0 Å². The summed E-state index contributed by atoms with van der Waals surface area (Å²) in [6.45, 7) is 6.02. The van der Waals surface area contributed by atoms with Gasteiger partial charge < -0.3 is 14.5 Å². The van der Waals surface area contributed by atoms with Crippen molar-refractivity contribution < 1.29 is 14.3 Å². The molecule has 6 heteroatoms. The summed E-state index contributed by atoms with van der Waals surface area (Å²) in [4.78, 5) is 32.5. The molecule has 0 aromatic carbocycles. The molecule has 3 heterocycles. The van der Waals surface area contributed by atoms with Gasteiger partial charge in [-0.05, 0) is 25.5 Å². The highest BCUT2D eigenvalue weighted by atomic mass is 16.6. The molecule has 1 spiro atoms. The summed E-state index contributed by atoms with van der Waals surface area (Å²) in [5.41, 5.74) is 0.0371. The maximum atomic E-state index is 12.5. The van der Waals surface area contributed by atoms with Gasteiger partial charge >= 0.3 is 6.09 Å². The number of pyridine rings is 1. The van der Waals surface area contributed by atoms with Gasteiger partial charge in [0, 0.05) is 38.2 Å². The van der Waals surface area contributed by atoms with Crippen LogP contribution in [0.15, 0.2) is 24.4 Å².